The summed E-state index contributed by atoms with van der Waals surface area (Å²) in [4.78, 5) is 28.9. The maximum absolute atomic E-state index is 12.5. The molecule has 0 spiro atoms. The number of thiazole rings is 1. The van der Waals surface area contributed by atoms with Crippen molar-refractivity contribution in [3.8, 4) is 0 Å². The molecule has 0 saturated heterocycles. The van der Waals surface area contributed by atoms with Crippen LogP contribution in [0.4, 0.5) is 5.69 Å². The highest BCUT2D eigenvalue weighted by Gasteiger charge is 2.37. The molecule has 1 amide bonds. The molecule has 0 radical (unpaired) electrons. The van der Waals surface area contributed by atoms with E-state index in [-0.39, 0.29) is 12.3 Å². The predicted octanol–water partition coefficient (Wildman–Crippen LogP) is 6.19. The summed E-state index contributed by atoms with van der Waals surface area (Å²) in [6, 6.07) is 7.56. The van der Waals surface area contributed by atoms with Gasteiger partial charge < -0.3 is 10.4 Å². The lowest BCUT2D eigenvalue weighted by atomic mass is 9.79. The van der Waals surface area contributed by atoms with E-state index >= 15 is 0 Å². The number of carbonyl (C=O) groups excluding carboxylic acids is 1. The van der Waals surface area contributed by atoms with Crippen molar-refractivity contribution in [3.05, 3.63) is 45.9 Å². The number of hydrogen-bond acceptors (Lipinski definition) is 4. The second kappa shape index (κ2) is 10.0. The largest absolute Gasteiger partial charge is 0.481 e. The number of amides is 1. The number of nitrogens with zero attached hydrogens (tertiary/aromatic N) is 1. The second-order valence-electron chi connectivity index (χ2n) is 8.07. The smallest absolute Gasteiger partial charge is 0.310 e. The Hall–Kier alpha value is -2.47. The Kier molecular flexibility index (Phi) is 7.43. The van der Waals surface area contributed by atoms with E-state index in [1.807, 2.05) is 50.3 Å². The topological polar surface area (TPSA) is 79.3 Å². The number of carbonyl (C=O) groups is 2. The van der Waals surface area contributed by atoms with Gasteiger partial charge in [0.15, 0.2) is 0 Å². The minimum atomic E-state index is -1.01. The molecule has 5 nitrogen and oxygen atoms in total. The molecule has 30 heavy (non-hydrogen) atoms. The average Bonchev–Trinajstić information content (AvgIpc) is 3.42. The molecule has 1 aromatic carbocycles. The Morgan fingerprint density at radius 3 is 2.63 bits per heavy atom. The van der Waals surface area contributed by atoms with Gasteiger partial charge in [0.1, 0.15) is 5.01 Å². The van der Waals surface area contributed by atoms with Crippen LogP contribution in [0.2, 0.25) is 0 Å². The fourth-order valence-corrected chi connectivity index (χ4v) is 4.86. The van der Waals surface area contributed by atoms with E-state index in [1.54, 1.807) is 11.3 Å². The molecule has 160 valence electrons. The maximum atomic E-state index is 12.5. The van der Waals surface area contributed by atoms with Crippen molar-refractivity contribution < 1.29 is 14.7 Å². The van der Waals surface area contributed by atoms with Gasteiger partial charge in [0, 0.05) is 23.4 Å². The van der Waals surface area contributed by atoms with Crippen LogP contribution in [-0.4, -0.2) is 22.0 Å². The van der Waals surface area contributed by atoms with Gasteiger partial charge in [0.05, 0.1) is 11.1 Å². The van der Waals surface area contributed by atoms with Gasteiger partial charge in [-0.2, -0.15) is 0 Å². The van der Waals surface area contributed by atoms with Crippen molar-refractivity contribution in [2.45, 2.75) is 64.7 Å². The van der Waals surface area contributed by atoms with Crippen molar-refractivity contribution in [1.29, 1.82) is 0 Å². The fraction of sp³-hybridized carbons (Fsp3) is 0.458. The number of hydrogen-bond donors (Lipinski definition) is 2. The van der Waals surface area contributed by atoms with Crippen LogP contribution in [0.15, 0.2) is 29.6 Å². The van der Waals surface area contributed by atoms with E-state index in [2.05, 4.69) is 10.7 Å². The van der Waals surface area contributed by atoms with Crippen LogP contribution < -0.4 is 5.32 Å². The number of carboxylic acids is 1. The zero-order chi connectivity index (χ0) is 21.6. The monoisotopic (exact) mass is 426 g/mol. The van der Waals surface area contributed by atoms with Gasteiger partial charge in [-0.15, -0.1) is 11.3 Å². The van der Waals surface area contributed by atoms with E-state index in [0.29, 0.717) is 24.4 Å². The van der Waals surface area contributed by atoms with E-state index in [9.17, 15) is 14.7 Å². The second-order valence-corrected chi connectivity index (χ2v) is 8.96. The first kappa shape index (κ1) is 22.2. The molecule has 2 aromatic rings. The van der Waals surface area contributed by atoms with Gasteiger partial charge >= 0.3 is 5.97 Å². The molecule has 3 rings (SSSR count). The van der Waals surface area contributed by atoms with Crippen LogP contribution in [0, 0.1) is 5.41 Å². The number of aromatic nitrogens is 1. The molecule has 6 heteroatoms. The van der Waals surface area contributed by atoms with Gasteiger partial charge in [0.25, 0.3) is 0 Å². The highest BCUT2D eigenvalue weighted by atomic mass is 32.1. The molecule has 1 fully saturated rings. The minimum Gasteiger partial charge on any atom is -0.481 e. The lowest BCUT2D eigenvalue weighted by Crippen LogP contribution is -2.34. The van der Waals surface area contributed by atoms with Gasteiger partial charge in [-0.1, -0.05) is 44.9 Å². The average molecular weight is 427 g/mol. The number of nitrogens with one attached hydrogen (secondary N) is 1. The molecular weight excluding hydrogens is 396 g/mol. The molecule has 1 aromatic heterocycles. The molecule has 0 unspecified atom stereocenters. The van der Waals surface area contributed by atoms with Crippen LogP contribution >= 0.6 is 11.3 Å². The van der Waals surface area contributed by atoms with Gasteiger partial charge in [-0.25, -0.2) is 4.98 Å². The first-order valence-corrected chi connectivity index (χ1v) is 11.6. The molecule has 1 aliphatic carbocycles. The van der Waals surface area contributed by atoms with Crippen molar-refractivity contribution >= 4 is 41.1 Å². The van der Waals surface area contributed by atoms with Crippen molar-refractivity contribution in [2.75, 3.05) is 5.32 Å². The Morgan fingerprint density at radius 2 is 1.97 bits per heavy atom. The lowest BCUT2D eigenvalue weighted by Gasteiger charge is -2.25. The van der Waals surface area contributed by atoms with E-state index in [0.717, 1.165) is 10.6 Å². The Morgan fingerprint density at radius 1 is 1.23 bits per heavy atom. The highest BCUT2D eigenvalue weighted by molar-refractivity contribution is 7.10. The van der Waals surface area contributed by atoms with Gasteiger partial charge in [0.2, 0.25) is 5.91 Å². The number of anilines is 1. The summed E-state index contributed by atoms with van der Waals surface area (Å²) in [6.45, 7) is 3.63. The molecule has 1 aliphatic rings. The van der Waals surface area contributed by atoms with Crippen molar-refractivity contribution in [2.24, 2.45) is 5.41 Å². The van der Waals surface area contributed by atoms with Crippen LogP contribution in [-0.2, 0) is 9.59 Å². The first-order valence-electron chi connectivity index (χ1n) is 10.7. The van der Waals surface area contributed by atoms with Crippen LogP contribution in [0.1, 0.15) is 81.0 Å². The number of benzene rings is 1. The molecule has 2 N–H and O–H groups in total. The third kappa shape index (κ3) is 5.36. The van der Waals surface area contributed by atoms with Crippen LogP contribution in [0.3, 0.4) is 0 Å². The standard InChI is InChI=1S/C24H30N2O3S/c1-3-24(4-2,23(28)29)15-21(27)25-19-11-7-8-17(14-19)12-13-22-26-20(16-30-22)18-9-5-6-10-18/h7-8,11-14,16,18H,3-6,9-10,15H2,1-2H3,(H,25,27)(H,28,29). The molecule has 0 aliphatic heterocycles. The normalized spacial score (nSPS) is 15.0. The van der Waals surface area contributed by atoms with Crippen molar-refractivity contribution in [1.82, 2.24) is 4.98 Å². The molecule has 1 heterocycles. The van der Waals surface area contributed by atoms with Crippen LogP contribution in [0.5, 0.6) is 0 Å². The summed E-state index contributed by atoms with van der Waals surface area (Å²) in [7, 11) is 0. The number of aliphatic carboxylic acids is 1. The Balaban J connectivity index is 1.63. The quantitative estimate of drug-likeness (QED) is 0.501. The summed E-state index contributed by atoms with van der Waals surface area (Å²) in [5.41, 5.74) is 1.83. The molecule has 0 atom stereocenters. The fourth-order valence-electron chi connectivity index (χ4n) is 4.06. The summed E-state index contributed by atoms with van der Waals surface area (Å²) in [6.07, 6.45) is 9.91. The lowest BCUT2D eigenvalue weighted by molar-refractivity contribution is -0.151. The van der Waals surface area contributed by atoms with Gasteiger partial charge in [-0.3, -0.25) is 9.59 Å². The third-order valence-corrected chi connectivity index (χ3v) is 7.04. The Labute approximate surface area is 182 Å². The minimum absolute atomic E-state index is 0.0293. The van der Waals surface area contributed by atoms with Gasteiger partial charge in [-0.05, 0) is 49.5 Å². The highest BCUT2D eigenvalue weighted by Crippen LogP contribution is 2.35. The molecule has 0 bridgehead atoms. The zero-order valence-electron chi connectivity index (χ0n) is 17.7. The van der Waals surface area contributed by atoms with Crippen molar-refractivity contribution in [3.63, 3.8) is 0 Å². The summed E-state index contributed by atoms with van der Waals surface area (Å²) in [5, 5.41) is 15.5. The predicted molar refractivity (Wildman–Crippen MR) is 123 cm³/mol. The van der Waals surface area contributed by atoms with E-state index in [1.165, 1.54) is 31.4 Å². The summed E-state index contributed by atoms with van der Waals surface area (Å²) < 4.78 is 0. The van der Waals surface area contributed by atoms with Crippen LogP contribution in [0.25, 0.3) is 12.2 Å². The summed E-state index contributed by atoms with van der Waals surface area (Å²) in [5.74, 6) is -0.575. The Bertz CT molecular complexity index is 909. The SMILES string of the molecule is CCC(CC)(CC(=O)Nc1cccc(C=Cc2nc(C3CCCC3)cs2)c1)C(=O)O. The van der Waals surface area contributed by atoms with E-state index in [4.69, 9.17) is 4.98 Å². The first-order chi connectivity index (χ1) is 14.5. The molecular formula is C24H30N2O3S. The number of carboxylic acid groups (broad SMARTS) is 1. The summed E-state index contributed by atoms with van der Waals surface area (Å²) >= 11 is 1.66. The zero-order valence-corrected chi connectivity index (χ0v) is 18.5. The maximum Gasteiger partial charge on any atom is 0.310 e. The molecule has 1 saturated carbocycles. The van der Waals surface area contributed by atoms with E-state index < -0.39 is 11.4 Å². The number of rotatable bonds is 9. The third-order valence-electron chi connectivity index (χ3n) is 6.21.